The van der Waals surface area contributed by atoms with Crippen LogP contribution in [-0.2, 0) is 34.6 Å². The van der Waals surface area contributed by atoms with E-state index in [-0.39, 0.29) is 37.3 Å². The fourth-order valence-electron chi connectivity index (χ4n) is 6.84. The van der Waals surface area contributed by atoms with Gasteiger partial charge >= 0.3 is 6.09 Å². The average molecular weight is 648 g/mol. The molecule has 244 valence electrons. The van der Waals surface area contributed by atoms with Gasteiger partial charge in [0.05, 0.1) is 6.61 Å². The zero-order valence-electron chi connectivity index (χ0n) is 26.2. The second-order valence-corrected chi connectivity index (χ2v) is 12.6. The lowest BCUT2D eigenvalue weighted by Crippen LogP contribution is -2.49. The molecule has 0 saturated carbocycles. The molecule has 3 aliphatic rings. The topological polar surface area (TPSA) is 161 Å². The van der Waals surface area contributed by atoms with Crippen LogP contribution in [0.4, 0.5) is 10.5 Å². The minimum absolute atomic E-state index is 0.0583. The first kappa shape index (κ1) is 29.8. The zero-order valence-corrected chi connectivity index (χ0v) is 26.2. The van der Waals surface area contributed by atoms with E-state index < -0.39 is 35.7 Å². The van der Waals surface area contributed by atoms with Crippen LogP contribution in [0.3, 0.4) is 0 Å². The van der Waals surface area contributed by atoms with Gasteiger partial charge in [-0.2, -0.15) is 0 Å². The lowest BCUT2D eigenvalue weighted by molar-refractivity contribution is -0.124. The van der Waals surface area contributed by atoms with Crippen LogP contribution in [0.5, 0.6) is 5.75 Å². The summed E-state index contributed by atoms with van der Waals surface area (Å²) in [5.74, 6) is 0.863. The zero-order chi connectivity index (χ0) is 33.0. The lowest BCUT2D eigenvalue weighted by atomic mass is 9.72. The summed E-state index contributed by atoms with van der Waals surface area (Å²) >= 11 is 0. The van der Waals surface area contributed by atoms with Crippen LogP contribution in [0, 0.1) is 5.92 Å². The van der Waals surface area contributed by atoms with Crippen molar-refractivity contribution >= 4 is 17.7 Å². The first-order chi connectivity index (χ1) is 23.3. The third-order valence-electron chi connectivity index (χ3n) is 9.16. The maximum atomic E-state index is 14.0. The molecule has 12 heteroatoms. The van der Waals surface area contributed by atoms with E-state index in [4.69, 9.17) is 23.3 Å². The third kappa shape index (κ3) is 4.79. The Hall–Kier alpha value is -5.62. The van der Waals surface area contributed by atoms with Crippen molar-refractivity contribution in [1.82, 2.24) is 20.6 Å². The molecule has 8 rings (SSSR count). The number of oxazole rings is 2. The Morgan fingerprint density at radius 2 is 1.88 bits per heavy atom. The molecule has 0 radical (unpaired) electrons. The predicted molar refractivity (Wildman–Crippen MR) is 172 cm³/mol. The summed E-state index contributed by atoms with van der Waals surface area (Å²) in [5.41, 5.74) is 3.82. The number of ether oxygens (including phenoxy) is 2. The summed E-state index contributed by atoms with van der Waals surface area (Å²) in [4.78, 5) is 36.5. The Morgan fingerprint density at radius 1 is 1.06 bits per heavy atom. The number of fused-ring (bicyclic) bond motifs is 4. The Labute approximate surface area is 275 Å². The van der Waals surface area contributed by atoms with Gasteiger partial charge in [-0.1, -0.05) is 74.5 Å². The van der Waals surface area contributed by atoms with Crippen molar-refractivity contribution in [3.05, 3.63) is 119 Å². The van der Waals surface area contributed by atoms with Crippen LogP contribution < -0.4 is 20.7 Å². The molecule has 2 aromatic heterocycles. The van der Waals surface area contributed by atoms with Crippen molar-refractivity contribution in [2.45, 2.75) is 57.2 Å². The summed E-state index contributed by atoms with van der Waals surface area (Å²) in [6.45, 7) is 3.63. The highest BCUT2D eigenvalue weighted by atomic mass is 16.5. The fraction of sp³-hybridized carbons (Fsp3) is 0.278. The highest BCUT2D eigenvalue weighted by Crippen LogP contribution is 2.59. The number of aliphatic hydroxyl groups is 1. The van der Waals surface area contributed by atoms with Crippen molar-refractivity contribution in [1.29, 1.82) is 0 Å². The van der Waals surface area contributed by atoms with Crippen LogP contribution in [0.1, 0.15) is 59.5 Å². The van der Waals surface area contributed by atoms with Gasteiger partial charge in [-0.15, -0.1) is 0 Å². The van der Waals surface area contributed by atoms with Crippen molar-refractivity contribution < 1.29 is 33.0 Å². The number of alkyl carbamates (subject to hydrolysis) is 1. The van der Waals surface area contributed by atoms with E-state index in [9.17, 15) is 14.7 Å². The van der Waals surface area contributed by atoms with Crippen LogP contribution in [0.15, 0.2) is 87.9 Å². The van der Waals surface area contributed by atoms with E-state index >= 15 is 0 Å². The van der Waals surface area contributed by atoms with Crippen molar-refractivity contribution in [2.24, 2.45) is 5.92 Å². The maximum Gasteiger partial charge on any atom is 0.408 e. The van der Waals surface area contributed by atoms with Gasteiger partial charge in [0.1, 0.15) is 41.8 Å². The number of amides is 2. The molecule has 5 aromatic rings. The highest BCUT2D eigenvalue weighted by molar-refractivity contribution is 5.86. The molecule has 3 aromatic carbocycles. The largest absolute Gasteiger partial charge is 0.469 e. The van der Waals surface area contributed by atoms with Gasteiger partial charge in [-0.05, 0) is 34.7 Å². The van der Waals surface area contributed by atoms with Gasteiger partial charge in [0.2, 0.25) is 17.7 Å². The maximum absolute atomic E-state index is 14.0. The lowest BCUT2D eigenvalue weighted by Gasteiger charge is -2.28. The third-order valence-corrected chi connectivity index (χ3v) is 9.16. The number of aliphatic hydroxyl groups excluding tert-OH is 1. The molecular formula is C36H33N5O7. The first-order valence-electron chi connectivity index (χ1n) is 15.9. The molecule has 4 atom stereocenters. The Kier molecular flexibility index (Phi) is 7.17. The van der Waals surface area contributed by atoms with E-state index in [1.165, 1.54) is 6.26 Å². The SMILES string of the molecule is CC(C)[C@@H]1NC(=O)[C@@H](NC(=O)OCc2ccccc2)Cc2ccc3c(c2)[C@@]2(c4ccccc4NC2O3)c2oc1nc2-c1nc(CO)co1. The summed E-state index contributed by atoms with van der Waals surface area (Å²) in [5, 5.41) is 19.2. The van der Waals surface area contributed by atoms with E-state index in [2.05, 4.69) is 20.9 Å². The molecule has 2 amide bonds. The predicted octanol–water partition coefficient (Wildman–Crippen LogP) is 4.96. The standard InChI is InChI=1S/C36H33N5O7/c1-19(2)28-33-41-29(32-37-22(16-42)18-45-32)30(48-33)36-23-10-6-7-11-25(23)38-34(36)47-27-13-12-21(14-24(27)36)15-26(31(43)40-28)39-35(44)46-17-20-8-4-3-5-9-20/h3-14,18-19,26,28,34,38,42H,15-17H2,1-2H3,(H,39,44)(H,40,43)/t26-,28-,34?,36-/m0/s1. The quantitative estimate of drug-likeness (QED) is 0.198. The van der Waals surface area contributed by atoms with Gasteiger partial charge in [0.15, 0.2) is 17.7 Å². The summed E-state index contributed by atoms with van der Waals surface area (Å²) < 4.78 is 24.7. The molecular weight excluding hydrogens is 614 g/mol. The van der Waals surface area contributed by atoms with Gasteiger partial charge in [-0.3, -0.25) is 4.79 Å². The second-order valence-electron chi connectivity index (χ2n) is 12.6. The number of anilines is 1. The molecule has 0 saturated heterocycles. The van der Waals surface area contributed by atoms with E-state index in [1.54, 1.807) is 0 Å². The summed E-state index contributed by atoms with van der Waals surface area (Å²) in [6.07, 6.45) is 0.234. The molecule has 48 heavy (non-hydrogen) atoms. The van der Waals surface area contributed by atoms with Gasteiger partial charge in [0.25, 0.3) is 0 Å². The van der Waals surface area contributed by atoms with Gasteiger partial charge in [0, 0.05) is 17.7 Å². The van der Waals surface area contributed by atoms with E-state index in [1.807, 2.05) is 86.6 Å². The number of hydrogen-bond acceptors (Lipinski definition) is 10. The number of nitrogens with zero attached hydrogens (tertiary/aromatic N) is 2. The molecule has 3 aliphatic heterocycles. The summed E-state index contributed by atoms with van der Waals surface area (Å²) in [6, 6.07) is 21.3. The number of aromatic nitrogens is 2. The molecule has 1 spiro atoms. The molecule has 4 N–H and O–H groups in total. The van der Waals surface area contributed by atoms with Gasteiger partial charge < -0.3 is 39.4 Å². The number of nitrogens with one attached hydrogen (secondary N) is 3. The molecule has 4 bridgehead atoms. The number of hydrogen-bond donors (Lipinski definition) is 4. The second kappa shape index (κ2) is 11.6. The fourth-order valence-corrected chi connectivity index (χ4v) is 6.84. The minimum atomic E-state index is -1.03. The molecule has 0 fully saturated rings. The number of rotatable bonds is 6. The van der Waals surface area contributed by atoms with Crippen molar-refractivity contribution in [3.8, 4) is 17.3 Å². The van der Waals surface area contributed by atoms with Crippen molar-refractivity contribution in [3.63, 3.8) is 0 Å². The smallest absolute Gasteiger partial charge is 0.408 e. The van der Waals surface area contributed by atoms with Crippen molar-refractivity contribution in [2.75, 3.05) is 5.32 Å². The van der Waals surface area contributed by atoms with Crippen LogP contribution >= 0.6 is 0 Å². The summed E-state index contributed by atoms with van der Waals surface area (Å²) in [7, 11) is 0. The van der Waals surface area contributed by atoms with Gasteiger partial charge in [-0.25, -0.2) is 14.8 Å². The van der Waals surface area contributed by atoms with Crippen LogP contribution in [0.25, 0.3) is 11.6 Å². The number of carbonyl (C=O) groups is 2. The monoisotopic (exact) mass is 647 g/mol. The minimum Gasteiger partial charge on any atom is -0.469 e. The van der Waals surface area contributed by atoms with E-state index in [0.29, 0.717) is 22.9 Å². The Morgan fingerprint density at radius 3 is 2.67 bits per heavy atom. The normalized spacial score (nSPS) is 22.0. The molecule has 5 heterocycles. The molecule has 1 unspecified atom stereocenters. The Balaban J connectivity index is 1.28. The number of carbonyl (C=O) groups excluding carboxylic acids is 2. The molecule has 12 nitrogen and oxygen atoms in total. The number of benzene rings is 3. The molecule has 0 aliphatic carbocycles. The average Bonchev–Trinajstić information content (AvgIpc) is 3.87. The first-order valence-corrected chi connectivity index (χ1v) is 15.9. The highest BCUT2D eigenvalue weighted by Gasteiger charge is 2.61. The van der Waals surface area contributed by atoms with E-state index in [0.717, 1.165) is 27.9 Å². The number of para-hydroxylation sites is 1. The van der Waals surface area contributed by atoms with Crippen LogP contribution in [-0.4, -0.2) is 39.3 Å². The van der Waals surface area contributed by atoms with Crippen LogP contribution in [0.2, 0.25) is 0 Å². The Bertz CT molecular complexity index is 2020.